The fraction of sp³-hybridized carbons (Fsp3) is 0.300. The molecule has 29 heavy (non-hydrogen) atoms. The van der Waals surface area contributed by atoms with E-state index in [9.17, 15) is 9.59 Å². The zero-order chi connectivity index (χ0) is 20.9. The van der Waals surface area contributed by atoms with Crippen molar-refractivity contribution >= 4 is 17.5 Å². The van der Waals surface area contributed by atoms with Gasteiger partial charge >= 0.3 is 0 Å². The van der Waals surface area contributed by atoms with Crippen LogP contribution in [0, 0.1) is 5.41 Å². The lowest BCUT2D eigenvalue weighted by Gasteiger charge is -2.26. The molecule has 0 aromatic carbocycles. The summed E-state index contributed by atoms with van der Waals surface area (Å²) in [4.78, 5) is 28.8. The van der Waals surface area contributed by atoms with Crippen molar-refractivity contribution in [1.82, 2.24) is 15.6 Å². The molecule has 152 valence electrons. The van der Waals surface area contributed by atoms with Crippen LogP contribution in [0.25, 0.3) is 0 Å². The summed E-state index contributed by atoms with van der Waals surface area (Å²) in [7, 11) is 1.57. The minimum atomic E-state index is -1.25. The lowest BCUT2D eigenvalue weighted by Crippen LogP contribution is -2.59. The number of nitrogens with one attached hydrogen (secondary N) is 3. The van der Waals surface area contributed by atoms with Gasteiger partial charge in [-0.3, -0.25) is 14.6 Å². The number of carbonyl (C=O) groups excluding carboxylic acids is 2. The van der Waals surface area contributed by atoms with Crippen molar-refractivity contribution in [2.24, 2.45) is 5.73 Å². The summed E-state index contributed by atoms with van der Waals surface area (Å²) in [5.41, 5.74) is 5.73. The Kier molecular flexibility index (Phi) is 6.08. The standard InChI is InChI=1S/C20H23N5O4/c1-23-17(18(26)25-20(19(22)27)6-8-28-12-20)15-9-14(4-5-16(15)21)29-11-13-3-2-7-24-10-13/h2-5,7,9-10,21,23H,6,8,11-12H2,1H3,(H2,22,27)(H,25,26)/b17-15-,21-16?. The molecule has 1 atom stereocenters. The predicted octanol–water partition coefficient (Wildman–Crippen LogP) is 0.306. The van der Waals surface area contributed by atoms with Crippen molar-refractivity contribution < 1.29 is 19.1 Å². The first-order chi connectivity index (χ1) is 13.9. The van der Waals surface area contributed by atoms with Crippen LogP contribution < -0.4 is 16.4 Å². The Hall–Kier alpha value is -3.46. The van der Waals surface area contributed by atoms with E-state index in [0.29, 0.717) is 31.0 Å². The smallest absolute Gasteiger partial charge is 0.268 e. The normalized spacial score (nSPS) is 22.7. The summed E-state index contributed by atoms with van der Waals surface area (Å²) >= 11 is 0. The first-order valence-corrected chi connectivity index (χ1v) is 9.08. The number of likely N-dealkylation sites (N-methyl/N-ethyl adjacent to an activating group) is 1. The topological polar surface area (TPSA) is 139 Å². The molecule has 2 amide bonds. The second-order valence-electron chi connectivity index (χ2n) is 6.69. The third-order valence-corrected chi connectivity index (χ3v) is 4.71. The van der Waals surface area contributed by atoms with Gasteiger partial charge in [0.25, 0.3) is 5.91 Å². The molecule has 1 aromatic rings. The maximum atomic E-state index is 12.9. The zero-order valence-corrected chi connectivity index (χ0v) is 16.0. The fourth-order valence-electron chi connectivity index (χ4n) is 3.04. The average molecular weight is 397 g/mol. The van der Waals surface area contributed by atoms with Gasteiger partial charge in [-0.25, -0.2) is 0 Å². The molecule has 0 bridgehead atoms. The minimum Gasteiger partial charge on any atom is -0.489 e. The minimum absolute atomic E-state index is 0.0209. The van der Waals surface area contributed by atoms with Crippen molar-refractivity contribution in [2.45, 2.75) is 18.6 Å². The second-order valence-corrected chi connectivity index (χ2v) is 6.69. The molecule has 1 saturated heterocycles. The molecule has 2 heterocycles. The maximum Gasteiger partial charge on any atom is 0.268 e. The number of rotatable bonds is 7. The molecule has 9 nitrogen and oxygen atoms in total. The molecule has 9 heteroatoms. The zero-order valence-electron chi connectivity index (χ0n) is 16.0. The summed E-state index contributed by atoms with van der Waals surface area (Å²) < 4.78 is 11.0. The summed E-state index contributed by atoms with van der Waals surface area (Å²) in [5.74, 6) is -0.706. The third kappa shape index (κ3) is 4.52. The van der Waals surface area contributed by atoms with E-state index >= 15 is 0 Å². The molecule has 1 fully saturated rings. The predicted molar refractivity (Wildman–Crippen MR) is 106 cm³/mol. The Balaban J connectivity index is 1.81. The Morgan fingerprint density at radius 2 is 2.24 bits per heavy atom. The number of hydrogen-bond acceptors (Lipinski definition) is 7. The van der Waals surface area contributed by atoms with Crippen LogP contribution in [0.4, 0.5) is 0 Å². The fourth-order valence-corrected chi connectivity index (χ4v) is 3.04. The van der Waals surface area contributed by atoms with Gasteiger partial charge in [-0.1, -0.05) is 6.07 Å². The third-order valence-electron chi connectivity index (χ3n) is 4.71. The van der Waals surface area contributed by atoms with E-state index in [4.69, 9.17) is 20.6 Å². The van der Waals surface area contributed by atoms with Crippen LogP contribution in [-0.4, -0.2) is 48.3 Å². The van der Waals surface area contributed by atoms with Gasteiger partial charge in [-0.15, -0.1) is 0 Å². The summed E-state index contributed by atoms with van der Waals surface area (Å²) in [5, 5.41) is 13.7. The Bertz CT molecular complexity index is 899. The van der Waals surface area contributed by atoms with Gasteiger partial charge < -0.3 is 31.3 Å². The van der Waals surface area contributed by atoms with Gasteiger partial charge in [-0.05, 0) is 24.3 Å². The van der Waals surface area contributed by atoms with Gasteiger partial charge in [0.1, 0.15) is 23.6 Å². The highest BCUT2D eigenvalue weighted by Gasteiger charge is 2.42. The first-order valence-electron chi connectivity index (χ1n) is 9.08. The number of ether oxygens (including phenoxy) is 2. The van der Waals surface area contributed by atoms with Crippen molar-refractivity contribution in [3.8, 4) is 0 Å². The van der Waals surface area contributed by atoms with E-state index in [2.05, 4.69) is 15.6 Å². The number of hydrogen-bond donors (Lipinski definition) is 4. The molecule has 0 saturated carbocycles. The molecule has 1 aromatic heterocycles. The molecule has 1 aliphatic carbocycles. The number of primary amides is 1. The molecule has 2 aliphatic rings. The highest BCUT2D eigenvalue weighted by atomic mass is 16.5. The van der Waals surface area contributed by atoms with Gasteiger partial charge in [0.15, 0.2) is 0 Å². The highest BCUT2D eigenvalue weighted by Crippen LogP contribution is 2.21. The maximum absolute atomic E-state index is 12.9. The van der Waals surface area contributed by atoms with Gasteiger partial charge in [-0.2, -0.15) is 0 Å². The highest BCUT2D eigenvalue weighted by molar-refractivity contribution is 6.15. The molecule has 5 N–H and O–H groups in total. The van der Waals surface area contributed by atoms with Gasteiger partial charge in [0, 0.05) is 43.6 Å². The number of amides is 2. The quantitative estimate of drug-likeness (QED) is 0.488. The van der Waals surface area contributed by atoms with Crippen LogP contribution in [0.1, 0.15) is 12.0 Å². The SMILES string of the molecule is CN/C(C(=O)NC1(C(N)=O)CCOC1)=C1/C=C(OCc2cccnc2)C=CC1=N. The van der Waals surface area contributed by atoms with Crippen LogP contribution in [-0.2, 0) is 25.7 Å². The van der Waals surface area contributed by atoms with E-state index in [-0.39, 0.29) is 18.0 Å². The van der Waals surface area contributed by atoms with Crippen molar-refractivity contribution in [3.63, 3.8) is 0 Å². The lowest BCUT2D eigenvalue weighted by atomic mass is 9.96. The molecule has 3 rings (SSSR count). The lowest BCUT2D eigenvalue weighted by molar-refractivity contribution is -0.130. The summed E-state index contributed by atoms with van der Waals surface area (Å²) in [6.07, 6.45) is 8.48. The Morgan fingerprint density at radius 1 is 1.41 bits per heavy atom. The van der Waals surface area contributed by atoms with E-state index in [1.54, 1.807) is 37.7 Å². The second kappa shape index (κ2) is 8.70. The molecule has 0 spiro atoms. The van der Waals surface area contributed by atoms with E-state index in [1.807, 2.05) is 12.1 Å². The molecule has 1 unspecified atom stereocenters. The molecular formula is C20H23N5O4. The van der Waals surface area contributed by atoms with Crippen LogP contribution in [0.15, 0.2) is 59.8 Å². The van der Waals surface area contributed by atoms with Crippen LogP contribution in [0.2, 0.25) is 0 Å². The van der Waals surface area contributed by atoms with Crippen LogP contribution >= 0.6 is 0 Å². The average Bonchev–Trinajstić information content (AvgIpc) is 3.19. The van der Waals surface area contributed by atoms with E-state index in [1.165, 1.54) is 0 Å². The van der Waals surface area contributed by atoms with E-state index < -0.39 is 17.4 Å². The molecule has 1 aliphatic heterocycles. The Morgan fingerprint density at radius 3 is 2.86 bits per heavy atom. The summed E-state index contributed by atoms with van der Waals surface area (Å²) in [6, 6.07) is 3.70. The van der Waals surface area contributed by atoms with Crippen molar-refractivity contribution in [2.75, 3.05) is 20.3 Å². The van der Waals surface area contributed by atoms with Crippen LogP contribution in [0.5, 0.6) is 0 Å². The van der Waals surface area contributed by atoms with Gasteiger partial charge in [0.05, 0.1) is 12.3 Å². The van der Waals surface area contributed by atoms with Crippen LogP contribution in [0.3, 0.4) is 0 Å². The number of nitrogens with zero attached hydrogens (tertiary/aromatic N) is 1. The van der Waals surface area contributed by atoms with Crippen molar-refractivity contribution in [3.05, 3.63) is 65.3 Å². The molecule has 0 radical (unpaired) electrons. The van der Waals surface area contributed by atoms with E-state index in [0.717, 1.165) is 5.56 Å². The monoisotopic (exact) mass is 397 g/mol. The van der Waals surface area contributed by atoms with Crippen molar-refractivity contribution in [1.29, 1.82) is 5.41 Å². The summed E-state index contributed by atoms with van der Waals surface area (Å²) in [6.45, 7) is 0.653. The number of aromatic nitrogens is 1. The number of nitrogens with two attached hydrogens (primary N) is 1. The molecular weight excluding hydrogens is 374 g/mol. The largest absolute Gasteiger partial charge is 0.489 e. The Labute approximate surface area is 168 Å². The first kappa shape index (κ1) is 20.3. The number of allylic oxidation sites excluding steroid dienone is 4. The van der Waals surface area contributed by atoms with Gasteiger partial charge in [0.2, 0.25) is 5.91 Å². The number of pyridine rings is 1. The number of carbonyl (C=O) groups is 2.